The van der Waals surface area contributed by atoms with Gasteiger partial charge in [0.2, 0.25) is 0 Å². The Morgan fingerprint density at radius 3 is 1.41 bits per heavy atom. The van der Waals surface area contributed by atoms with Gasteiger partial charge in [0.05, 0.1) is 0 Å². The van der Waals surface area contributed by atoms with Gasteiger partial charge in [0.25, 0.3) is 0 Å². The van der Waals surface area contributed by atoms with E-state index in [1.165, 1.54) is 0 Å². The van der Waals surface area contributed by atoms with Crippen LogP contribution in [0.15, 0.2) is 197 Å². The molecule has 0 N–H and O–H groups in total. The molecule has 0 saturated heterocycles. The Labute approximate surface area is 322 Å². The second-order valence-electron chi connectivity index (χ2n) is 13.9. The first-order chi connectivity index (χ1) is 27.7. The lowest BCUT2D eigenvalue weighted by molar-refractivity contribution is 0.668. The molecule has 0 radical (unpaired) electrons. The standard InChI is InChI=1S/C51H31N3O2/c1-5-14-32(15-6-1)36-24-26-39-40-27-25-37(31-45(40)55-44(39)30-36)38-22-13-23-41-42-28-29-43(46(48(42)56-47(38)41)33-16-7-2-8-17-33)51-53-49(34-18-9-3-10-19-34)52-50(54-51)35-20-11-4-12-21-35/h1-31H. The molecule has 0 aliphatic carbocycles. The molecule has 262 valence electrons. The molecular formula is C51H31N3O2. The molecule has 0 bridgehead atoms. The quantitative estimate of drug-likeness (QED) is 0.171. The SMILES string of the molecule is c1ccc(-c2ccc3c(c2)oc2cc(-c4cccc5c4oc4c(-c6ccccc6)c(-c6nc(-c7ccccc7)nc(-c7ccccc7)n6)ccc45)ccc23)cc1. The summed E-state index contributed by atoms with van der Waals surface area (Å²) in [4.78, 5) is 15.2. The van der Waals surface area contributed by atoms with Crippen LogP contribution in [0.5, 0.6) is 0 Å². The van der Waals surface area contributed by atoms with Gasteiger partial charge in [-0.05, 0) is 58.7 Å². The molecule has 5 nitrogen and oxygen atoms in total. The highest BCUT2D eigenvalue weighted by Gasteiger charge is 2.22. The number of rotatable bonds is 6. The van der Waals surface area contributed by atoms with Crippen LogP contribution in [-0.2, 0) is 0 Å². The van der Waals surface area contributed by atoms with Gasteiger partial charge in [-0.1, -0.05) is 152 Å². The van der Waals surface area contributed by atoms with E-state index in [2.05, 4.69) is 115 Å². The third-order valence-corrected chi connectivity index (χ3v) is 10.6. The van der Waals surface area contributed by atoms with Gasteiger partial charge in [-0.15, -0.1) is 0 Å². The van der Waals surface area contributed by atoms with Crippen molar-refractivity contribution >= 4 is 43.9 Å². The largest absolute Gasteiger partial charge is 0.456 e. The van der Waals surface area contributed by atoms with Crippen molar-refractivity contribution in [1.29, 1.82) is 0 Å². The van der Waals surface area contributed by atoms with Gasteiger partial charge < -0.3 is 8.83 Å². The van der Waals surface area contributed by atoms with E-state index >= 15 is 0 Å². The highest BCUT2D eigenvalue weighted by molar-refractivity contribution is 6.16. The number of hydrogen-bond donors (Lipinski definition) is 0. The molecule has 0 spiro atoms. The summed E-state index contributed by atoms with van der Waals surface area (Å²) in [5.74, 6) is 1.79. The summed E-state index contributed by atoms with van der Waals surface area (Å²) in [7, 11) is 0. The van der Waals surface area contributed by atoms with Gasteiger partial charge in [-0.25, -0.2) is 15.0 Å². The minimum Gasteiger partial charge on any atom is -0.456 e. The summed E-state index contributed by atoms with van der Waals surface area (Å²) in [5, 5.41) is 4.22. The Morgan fingerprint density at radius 1 is 0.286 bits per heavy atom. The Morgan fingerprint density at radius 2 is 0.786 bits per heavy atom. The van der Waals surface area contributed by atoms with Gasteiger partial charge in [0.1, 0.15) is 22.3 Å². The average Bonchev–Trinajstić information content (AvgIpc) is 3.85. The second-order valence-corrected chi connectivity index (χ2v) is 13.9. The van der Waals surface area contributed by atoms with Crippen molar-refractivity contribution in [3.8, 4) is 67.5 Å². The van der Waals surface area contributed by atoms with Crippen molar-refractivity contribution < 1.29 is 8.83 Å². The van der Waals surface area contributed by atoms with Gasteiger partial charge >= 0.3 is 0 Å². The molecule has 11 rings (SSSR count). The third kappa shape index (κ3) is 5.37. The first-order valence-electron chi connectivity index (χ1n) is 18.7. The van der Waals surface area contributed by atoms with Gasteiger partial charge in [-0.2, -0.15) is 0 Å². The molecule has 0 saturated carbocycles. The Kier molecular flexibility index (Phi) is 7.42. The minimum absolute atomic E-state index is 0.574. The molecule has 3 heterocycles. The second kappa shape index (κ2) is 13.0. The summed E-state index contributed by atoms with van der Waals surface area (Å²) < 4.78 is 13.6. The van der Waals surface area contributed by atoms with Crippen molar-refractivity contribution in [3.63, 3.8) is 0 Å². The lowest BCUT2D eigenvalue weighted by atomic mass is 9.95. The number of hydrogen-bond acceptors (Lipinski definition) is 5. The topological polar surface area (TPSA) is 65.0 Å². The van der Waals surface area contributed by atoms with Crippen LogP contribution in [0.25, 0.3) is 111 Å². The van der Waals surface area contributed by atoms with E-state index in [4.69, 9.17) is 23.8 Å². The molecule has 0 aliphatic rings. The Bertz CT molecular complexity index is 3170. The van der Waals surface area contributed by atoms with E-state index in [0.29, 0.717) is 17.5 Å². The van der Waals surface area contributed by atoms with Crippen LogP contribution in [0.4, 0.5) is 0 Å². The molecule has 0 aliphatic heterocycles. The zero-order valence-electron chi connectivity index (χ0n) is 30.1. The zero-order chi connectivity index (χ0) is 37.0. The van der Waals surface area contributed by atoms with Crippen LogP contribution in [0, 0.1) is 0 Å². The molecule has 0 amide bonds. The number of fused-ring (bicyclic) bond motifs is 6. The molecule has 11 aromatic rings. The third-order valence-electron chi connectivity index (χ3n) is 10.6. The van der Waals surface area contributed by atoms with E-state index in [1.54, 1.807) is 0 Å². The van der Waals surface area contributed by atoms with Gasteiger partial charge in [0.15, 0.2) is 17.5 Å². The highest BCUT2D eigenvalue weighted by atomic mass is 16.3. The van der Waals surface area contributed by atoms with Crippen LogP contribution >= 0.6 is 0 Å². The highest BCUT2D eigenvalue weighted by Crippen LogP contribution is 2.44. The summed E-state index contributed by atoms with van der Waals surface area (Å²) >= 11 is 0. The first-order valence-corrected chi connectivity index (χ1v) is 18.7. The van der Waals surface area contributed by atoms with E-state index in [9.17, 15) is 0 Å². The van der Waals surface area contributed by atoms with E-state index in [-0.39, 0.29) is 0 Å². The Balaban J connectivity index is 1.10. The monoisotopic (exact) mass is 717 g/mol. The Hall–Kier alpha value is -7.63. The van der Waals surface area contributed by atoms with Crippen LogP contribution < -0.4 is 0 Å². The first kappa shape index (κ1) is 31.9. The van der Waals surface area contributed by atoms with Crippen molar-refractivity contribution in [3.05, 3.63) is 188 Å². The molecule has 5 heteroatoms. The molecule has 56 heavy (non-hydrogen) atoms. The van der Waals surface area contributed by atoms with Crippen molar-refractivity contribution in [2.24, 2.45) is 0 Å². The van der Waals surface area contributed by atoms with E-state index in [1.807, 2.05) is 72.8 Å². The molecular weight excluding hydrogens is 687 g/mol. The number of nitrogens with zero attached hydrogens (tertiary/aromatic N) is 3. The summed E-state index contributed by atoms with van der Waals surface area (Å²) in [5.41, 5.74) is 12.2. The fourth-order valence-corrected chi connectivity index (χ4v) is 7.85. The van der Waals surface area contributed by atoms with Crippen molar-refractivity contribution in [1.82, 2.24) is 15.0 Å². The maximum absolute atomic E-state index is 7.05. The zero-order valence-corrected chi connectivity index (χ0v) is 30.1. The molecule has 0 atom stereocenters. The summed E-state index contributed by atoms with van der Waals surface area (Å²) in [6.07, 6.45) is 0. The maximum atomic E-state index is 7.05. The molecule has 3 aromatic heterocycles. The average molecular weight is 718 g/mol. The van der Waals surface area contributed by atoms with E-state index < -0.39 is 0 Å². The number of aromatic nitrogens is 3. The predicted octanol–water partition coefficient (Wildman–Crippen LogP) is 13.7. The summed E-state index contributed by atoms with van der Waals surface area (Å²) in [6.45, 7) is 0. The fraction of sp³-hybridized carbons (Fsp3) is 0. The fourth-order valence-electron chi connectivity index (χ4n) is 7.85. The lowest BCUT2D eigenvalue weighted by Crippen LogP contribution is -2.01. The number of furan rings is 2. The number of benzene rings is 8. The van der Waals surface area contributed by atoms with Crippen molar-refractivity contribution in [2.75, 3.05) is 0 Å². The van der Waals surface area contributed by atoms with Gasteiger partial charge in [-0.3, -0.25) is 0 Å². The predicted molar refractivity (Wildman–Crippen MR) is 227 cm³/mol. The van der Waals surface area contributed by atoms with Crippen LogP contribution in [0.2, 0.25) is 0 Å². The molecule has 0 fully saturated rings. The van der Waals surface area contributed by atoms with E-state index in [0.717, 1.165) is 93.9 Å². The number of para-hydroxylation sites is 1. The van der Waals surface area contributed by atoms with Crippen molar-refractivity contribution in [2.45, 2.75) is 0 Å². The maximum Gasteiger partial charge on any atom is 0.164 e. The minimum atomic E-state index is 0.574. The van der Waals surface area contributed by atoms with Crippen LogP contribution in [0.1, 0.15) is 0 Å². The smallest absolute Gasteiger partial charge is 0.164 e. The normalized spacial score (nSPS) is 11.6. The van der Waals surface area contributed by atoms with Gasteiger partial charge in [0, 0.05) is 49.4 Å². The van der Waals surface area contributed by atoms with Crippen LogP contribution in [0.3, 0.4) is 0 Å². The van der Waals surface area contributed by atoms with Crippen LogP contribution in [-0.4, -0.2) is 15.0 Å². The lowest BCUT2D eigenvalue weighted by Gasteiger charge is -2.12. The summed E-state index contributed by atoms with van der Waals surface area (Å²) in [6, 6.07) is 64.4. The molecule has 0 unspecified atom stereocenters. The molecule has 8 aromatic carbocycles.